The minimum atomic E-state index is -0.392. The van der Waals surface area contributed by atoms with Gasteiger partial charge in [0, 0.05) is 23.7 Å². The second kappa shape index (κ2) is 4.18. The monoisotopic (exact) mass is 453 g/mol. The Morgan fingerprint density at radius 3 is 2.08 bits per heavy atom. The van der Waals surface area contributed by atoms with Gasteiger partial charge in [0.1, 0.15) is 0 Å². The summed E-state index contributed by atoms with van der Waals surface area (Å²) in [5, 5.41) is 10.4. The third kappa shape index (κ3) is 2.28. The Labute approximate surface area is 104 Å². The summed E-state index contributed by atoms with van der Waals surface area (Å²) in [5.74, 6) is 0. The van der Waals surface area contributed by atoms with Crippen LogP contribution in [0.4, 0.5) is 5.69 Å². The first-order chi connectivity index (χ1) is 5.52. The number of nitro benzene ring substituents is 1. The van der Waals surface area contributed by atoms with Crippen LogP contribution in [0.2, 0.25) is 0 Å². The van der Waals surface area contributed by atoms with Crippen LogP contribution in [0.5, 0.6) is 0 Å². The Kier molecular flexibility index (Phi) is 3.71. The fourth-order valence-electron chi connectivity index (χ4n) is 0.648. The Morgan fingerprint density at radius 1 is 1.33 bits per heavy atom. The number of rotatable bonds is 1. The standard InChI is InChI=1S/C6H2BrI2NO2/c7-6-4(8)1-3(10(11)12)2-5(6)9/h1-2H. The molecule has 0 fully saturated rings. The largest absolute Gasteiger partial charge is 0.271 e. The molecule has 0 amide bonds. The van der Waals surface area contributed by atoms with Crippen molar-refractivity contribution in [1.82, 2.24) is 0 Å². The van der Waals surface area contributed by atoms with Gasteiger partial charge in [-0.2, -0.15) is 0 Å². The van der Waals surface area contributed by atoms with Crippen molar-refractivity contribution in [3.05, 3.63) is 33.9 Å². The third-order valence-corrected chi connectivity index (χ3v) is 5.22. The summed E-state index contributed by atoms with van der Waals surface area (Å²) in [6.07, 6.45) is 0. The number of non-ortho nitro benzene ring substituents is 1. The molecular formula is C6H2BrI2NO2. The van der Waals surface area contributed by atoms with Gasteiger partial charge in [0.25, 0.3) is 5.69 Å². The molecule has 0 atom stereocenters. The van der Waals surface area contributed by atoms with E-state index in [1.54, 1.807) is 0 Å². The average molecular weight is 454 g/mol. The van der Waals surface area contributed by atoms with Crippen molar-refractivity contribution in [2.75, 3.05) is 0 Å². The van der Waals surface area contributed by atoms with Crippen LogP contribution in [0.15, 0.2) is 16.6 Å². The van der Waals surface area contributed by atoms with Gasteiger partial charge >= 0.3 is 0 Å². The molecule has 64 valence electrons. The topological polar surface area (TPSA) is 43.1 Å². The Balaban J connectivity index is 3.31. The lowest BCUT2D eigenvalue weighted by Crippen LogP contribution is -1.90. The first-order valence-corrected chi connectivity index (χ1v) is 5.76. The zero-order valence-electron chi connectivity index (χ0n) is 5.55. The van der Waals surface area contributed by atoms with Gasteiger partial charge in [0.2, 0.25) is 0 Å². The van der Waals surface area contributed by atoms with Crippen molar-refractivity contribution < 1.29 is 4.92 Å². The maximum absolute atomic E-state index is 10.4. The van der Waals surface area contributed by atoms with E-state index >= 15 is 0 Å². The molecule has 0 N–H and O–H groups in total. The molecule has 0 bridgehead atoms. The molecule has 0 unspecified atom stereocenters. The number of nitrogens with zero attached hydrogens (tertiary/aromatic N) is 1. The minimum Gasteiger partial charge on any atom is -0.258 e. The predicted octanol–water partition coefficient (Wildman–Crippen LogP) is 3.57. The number of benzene rings is 1. The summed E-state index contributed by atoms with van der Waals surface area (Å²) in [6, 6.07) is 3.07. The highest BCUT2D eigenvalue weighted by Crippen LogP contribution is 2.29. The smallest absolute Gasteiger partial charge is 0.258 e. The normalized spacial score (nSPS) is 9.92. The summed E-state index contributed by atoms with van der Waals surface area (Å²) in [4.78, 5) is 10.0. The van der Waals surface area contributed by atoms with Gasteiger partial charge < -0.3 is 0 Å². The SMILES string of the molecule is O=[N+]([O-])c1cc(I)c(Br)c(I)c1. The first-order valence-electron chi connectivity index (χ1n) is 2.81. The van der Waals surface area contributed by atoms with E-state index in [4.69, 9.17) is 0 Å². The number of nitro groups is 1. The predicted molar refractivity (Wildman–Crippen MR) is 66.2 cm³/mol. The molecule has 1 aromatic rings. The van der Waals surface area contributed by atoms with Gasteiger partial charge in [-0.1, -0.05) is 0 Å². The van der Waals surface area contributed by atoms with Crippen LogP contribution >= 0.6 is 61.1 Å². The van der Waals surface area contributed by atoms with E-state index in [0.29, 0.717) is 0 Å². The molecule has 1 aromatic carbocycles. The van der Waals surface area contributed by atoms with Crippen molar-refractivity contribution in [3.8, 4) is 0 Å². The van der Waals surface area contributed by atoms with Crippen LogP contribution in [0, 0.1) is 17.3 Å². The van der Waals surface area contributed by atoms with E-state index < -0.39 is 4.92 Å². The van der Waals surface area contributed by atoms with E-state index in [-0.39, 0.29) is 5.69 Å². The maximum atomic E-state index is 10.4. The molecule has 0 aromatic heterocycles. The summed E-state index contributed by atoms with van der Waals surface area (Å²) < 4.78 is 2.62. The van der Waals surface area contributed by atoms with E-state index in [0.717, 1.165) is 11.6 Å². The third-order valence-electron chi connectivity index (χ3n) is 1.18. The van der Waals surface area contributed by atoms with Crippen LogP contribution in [0.3, 0.4) is 0 Å². The van der Waals surface area contributed by atoms with Crippen LogP contribution in [0.25, 0.3) is 0 Å². The molecule has 0 aliphatic carbocycles. The van der Waals surface area contributed by atoms with Gasteiger partial charge in [0.05, 0.1) is 4.92 Å². The lowest BCUT2D eigenvalue weighted by molar-refractivity contribution is -0.385. The summed E-state index contributed by atoms with van der Waals surface area (Å²) in [5.41, 5.74) is 0.131. The van der Waals surface area contributed by atoms with Crippen LogP contribution in [0.1, 0.15) is 0 Å². The quantitative estimate of drug-likeness (QED) is 0.282. The molecule has 0 aliphatic rings. The number of halogens is 3. The zero-order valence-corrected chi connectivity index (χ0v) is 11.5. The second-order valence-electron chi connectivity index (χ2n) is 1.98. The fraction of sp³-hybridized carbons (Fsp3) is 0. The minimum absolute atomic E-state index is 0.131. The van der Waals surface area contributed by atoms with Crippen molar-refractivity contribution in [2.45, 2.75) is 0 Å². The van der Waals surface area contributed by atoms with Crippen LogP contribution < -0.4 is 0 Å². The Hall–Kier alpha value is 0.560. The van der Waals surface area contributed by atoms with Gasteiger partial charge in [-0.05, 0) is 61.1 Å². The van der Waals surface area contributed by atoms with E-state index in [1.807, 2.05) is 0 Å². The molecule has 0 radical (unpaired) electrons. The molecule has 1 rings (SSSR count). The summed E-state index contributed by atoms with van der Waals surface area (Å²) in [6.45, 7) is 0. The second-order valence-corrected chi connectivity index (χ2v) is 5.10. The molecule has 0 spiro atoms. The highest BCUT2D eigenvalue weighted by atomic mass is 127. The number of hydrogen-bond acceptors (Lipinski definition) is 2. The molecule has 3 nitrogen and oxygen atoms in total. The van der Waals surface area contributed by atoms with E-state index in [1.165, 1.54) is 12.1 Å². The molecular weight excluding hydrogens is 452 g/mol. The Morgan fingerprint density at radius 2 is 1.75 bits per heavy atom. The van der Waals surface area contributed by atoms with Crippen LogP contribution in [-0.4, -0.2) is 4.92 Å². The van der Waals surface area contributed by atoms with Crippen molar-refractivity contribution >= 4 is 66.8 Å². The maximum Gasteiger partial charge on any atom is 0.271 e. The summed E-state index contributed by atoms with van der Waals surface area (Å²) in [7, 11) is 0. The summed E-state index contributed by atoms with van der Waals surface area (Å²) >= 11 is 7.43. The molecule has 0 saturated heterocycles. The average Bonchev–Trinajstić information content (AvgIpc) is 1.99. The van der Waals surface area contributed by atoms with Gasteiger partial charge in [-0.25, -0.2) is 0 Å². The van der Waals surface area contributed by atoms with E-state index in [9.17, 15) is 10.1 Å². The highest BCUT2D eigenvalue weighted by molar-refractivity contribution is 14.1. The molecule has 0 heterocycles. The zero-order chi connectivity index (χ0) is 9.30. The molecule has 12 heavy (non-hydrogen) atoms. The van der Waals surface area contributed by atoms with Gasteiger partial charge in [-0.15, -0.1) is 0 Å². The highest BCUT2D eigenvalue weighted by Gasteiger charge is 2.11. The molecule has 0 saturated carbocycles. The lowest BCUT2D eigenvalue weighted by Gasteiger charge is -1.98. The van der Waals surface area contributed by atoms with Crippen molar-refractivity contribution in [3.63, 3.8) is 0 Å². The Bertz CT molecular complexity index is 319. The lowest BCUT2D eigenvalue weighted by atomic mass is 10.3. The molecule has 0 aliphatic heterocycles. The molecule has 6 heteroatoms. The first kappa shape index (κ1) is 10.6. The number of hydrogen-bond donors (Lipinski definition) is 0. The van der Waals surface area contributed by atoms with Crippen molar-refractivity contribution in [1.29, 1.82) is 0 Å². The van der Waals surface area contributed by atoms with Crippen molar-refractivity contribution in [2.24, 2.45) is 0 Å². The van der Waals surface area contributed by atoms with Gasteiger partial charge in [0.15, 0.2) is 0 Å². The van der Waals surface area contributed by atoms with E-state index in [2.05, 4.69) is 61.1 Å². The van der Waals surface area contributed by atoms with Gasteiger partial charge in [-0.3, -0.25) is 10.1 Å². The fourth-order valence-corrected chi connectivity index (χ4v) is 2.61. The van der Waals surface area contributed by atoms with Crippen LogP contribution in [-0.2, 0) is 0 Å².